The Hall–Kier alpha value is -2.17. The molecule has 1 aromatic rings. The van der Waals surface area contributed by atoms with Crippen molar-refractivity contribution in [3.8, 4) is 6.07 Å². The molecule has 0 amide bonds. The number of morpholine rings is 1. The summed E-state index contributed by atoms with van der Waals surface area (Å²) in [5.74, 6) is 0.580. The highest BCUT2D eigenvalue weighted by molar-refractivity contribution is 5.81. The van der Waals surface area contributed by atoms with Crippen molar-refractivity contribution in [3.63, 3.8) is 0 Å². The molecule has 2 aliphatic rings. The lowest BCUT2D eigenvalue weighted by molar-refractivity contribution is 0.0286. The van der Waals surface area contributed by atoms with E-state index in [0.29, 0.717) is 17.2 Å². The maximum atomic E-state index is 10.8. The van der Waals surface area contributed by atoms with Crippen molar-refractivity contribution in [1.29, 1.82) is 5.26 Å². The second kappa shape index (κ2) is 6.30. The van der Waals surface area contributed by atoms with E-state index in [1.54, 1.807) is 6.07 Å². The summed E-state index contributed by atoms with van der Waals surface area (Å²) in [6.07, 6.45) is 0. The van der Waals surface area contributed by atoms with Crippen LogP contribution < -0.4 is 10.6 Å². The monoisotopic (exact) mass is 301 g/mol. The van der Waals surface area contributed by atoms with Crippen LogP contribution in [0.1, 0.15) is 5.56 Å². The number of hydrogen-bond donors (Lipinski definition) is 1. The van der Waals surface area contributed by atoms with Crippen molar-refractivity contribution in [2.45, 2.75) is 0 Å². The fourth-order valence-corrected chi connectivity index (χ4v) is 3.06. The lowest BCUT2D eigenvalue weighted by atomic mass is 9.97. The van der Waals surface area contributed by atoms with Gasteiger partial charge in [0.05, 0.1) is 36.2 Å². The Bertz CT molecular complexity index is 601. The molecule has 2 N–H and O–H groups in total. The number of hydrogen-bond acceptors (Lipinski definition) is 7. The molecule has 0 spiro atoms. The molecule has 0 radical (unpaired) electrons. The average Bonchev–Trinajstić information content (AvgIpc) is 2.52. The molecule has 2 saturated heterocycles. The minimum atomic E-state index is 0.144. The minimum absolute atomic E-state index is 0.144. The summed E-state index contributed by atoms with van der Waals surface area (Å²) in [6, 6.07) is 5.20. The molecule has 116 valence electrons. The molecule has 0 atom stereocenters. The molecule has 0 saturated carbocycles. The molecule has 2 fully saturated rings. The van der Waals surface area contributed by atoms with Crippen molar-refractivity contribution in [2.75, 3.05) is 56.6 Å². The Balaban J connectivity index is 1.64. The lowest BCUT2D eigenvalue weighted by Crippen LogP contribution is -2.53. The third kappa shape index (κ3) is 2.89. The highest BCUT2D eigenvalue weighted by atomic mass is 16.5. The van der Waals surface area contributed by atoms with E-state index in [1.807, 2.05) is 6.07 Å². The number of nitrogen functional groups attached to an aromatic ring is 1. The zero-order valence-electron chi connectivity index (χ0n) is 12.4. The molecule has 0 bridgehead atoms. The van der Waals surface area contributed by atoms with Gasteiger partial charge in [-0.25, -0.2) is 0 Å². The number of nitrogens with zero attached hydrogens (tertiary/aromatic N) is 4. The molecule has 2 aliphatic heterocycles. The van der Waals surface area contributed by atoms with Crippen LogP contribution in [0.4, 0.5) is 17.1 Å². The van der Waals surface area contributed by atoms with Crippen molar-refractivity contribution in [2.24, 2.45) is 11.1 Å². The standard InChI is InChI=1S/C15H19N5O2/c16-7-11-5-13(18-21)15(17)14(6-11)20-9-12(10-20)8-19-1-3-22-4-2-19/h5-6,12H,1-4,8-10,17H2. The van der Waals surface area contributed by atoms with Gasteiger partial charge in [-0.3, -0.25) is 4.90 Å². The summed E-state index contributed by atoms with van der Waals surface area (Å²) in [7, 11) is 0. The first-order valence-corrected chi connectivity index (χ1v) is 7.43. The molecular weight excluding hydrogens is 282 g/mol. The summed E-state index contributed by atoms with van der Waals surface area (Å²) < 4.78 is 5.35. The lowest BCUT2D eigenvalue weighted by Gasteiger charge is -2.44. The Morgan fingerprint density at radius 1 is 1.36 bits per heavy atom. The van der Waals surface area contributed by atoms with Crippen LogP contribution in [0.5, 0.6) is 0 Å². The minimum Gasteiger partial charge on any atom is -0.395 e. The molecule has 0 aliphatic carbocycles. The van der Waals surface area contributed by atoms with E-state index in [4.69, 9.17) is 15.7 Å². The topological polar surface area (TPSA) is 94.9 Å². The average molecular weight is 301 g/mol. The van der Waals surface area contributed by atoms with Crippen molar-refractivity contribution in [1.82, 2.24) is 4.90 Å². The summed E-state index contributed by atoms with van der Waals surface area (Å²) in [4.78, 5) is 15.3. The summed E-state index contributed by atoms with van der Waals surface area (Å²) in [5, 5.41) is 12.0. The summed E-state index contributed by atoms with van der Waals surface area (Å²) >= 11 is 0. The fourth-order valence-electron chi connectivity index (χ4n) is 3.06. The number of nitriles is 1. The van der Waals surface area contributed by atoms with E-state index >= 15 is 0 Å². The third-order valence-corrected chi connectivity index (χ3v) is 4.28. The second-order valence-corrected chi connectivity index (χ2v) is 5.82. The number of benzene rings is 1. The predicted octanol–water partition coefficient (Wildman–Crippen LogP) is 1.31. The molecular formula is C15H19N5O2. The van der Waals surface area contributed by atoms with Crippen LogP contribution in [0.2, 0.25) is 0 Å². The predicted molar refractivity (Wildman–Crippen MR) is 84.0 cm³/mol. The first-order chi connectivity index (χ1) is 10.7. The number of anilines is 2. The highest BCUT2D eigenvalue weighted by Crippen LogP contribution is 2.37. The molecule has 3 rings (SSSR count). The van der Waals surface area contributed by atoms with Gasteiger partial charge in [0, 0.05) is 38.6 Å². The molecule has 0 unspecified atom stereocenters. The van der Waals surface area contributed by atoms with Gasteiger partial charge in [0.1, 0.15) is 5.69 Å². The van der Waals surface area contributed by atoms with Gasteiger partial charge in [0.2, 0.25) is 0 Å². The highest BCUT2D eigenvalue weighted by Gasteiger charge is 2.31. The number of nitroso groups, excluding NO2 is 1. The van der Waals surface area contributed by atoms with Gasteiger partial charge in [-0.2, -0.15) is 5.26 Å². The van der Waals surface area contributed by atoms with Crippen molar-refractivity contribution < 1.29 is 4.74 Å². The van der Waals surface area contributed by atoms with E-state index in [1.165, 1.54) is 6.07 Å². The first-order valence-electron chi connectivity index (χ1n) is 7.43. The van der Waals surface area contributed by atoms with E-state index in [0.717, 1.165) is 51.6 Å². The third-order valence-electron chi connectivity index (χ3n) is 4.28. The van der Waals surface area contributed by atoms with Crippen LogP contribution in [0.25, 0.3) is 0 Å². The SMILES string of the molecule is N#Cc1cc(N=O)c(N)c(N2CC(CN3CCOCC3)C2)c1. The van der Waals surface area contributed by atoms with Crippen LogP contribution in [0.3, 0.4) is 0 Å². The molecule has 1 aromatic carbocycles. The van der Waals surface area contributed by atoms with Crippen LogP contribution in [0.15, 0.2) is 17.3 Å². The largest absolute Gasteiger partial charge is 0.395 e. The number of nitrogens with two attached hydrogens (primary N) is 1. The number of ether oxygens (including phenoxy) is 1. The van der Waals surface area contributed by atoms with Gasteiger partial charge in [0.25, 0.3) is 0 Å². The van der Waals surface area contributed by atoms with E-state index in [-0.39, 0.29) is 5.69 Å². The quantitative estimate of drug-likeness (QED) is 0.665. The molecule has 0 aromatic heterocycles. The summed E-state index contributed by atoms with van der Waals surface area (Å²) in [5.41, 5.74) is 7.64. The van der Waals surface area contributed by atoms with Gasteiger partial charge in [-0.1, -0.05) is 0 Å². The van der Waals surface area contributed by atoms with Gasteiger partial charge in [-0.05, 0) is 17.3 Å². The Morgan fingerprint density at radius 3 is 2.73 bits per heavy atom. The molecule has 7 nitrogen and oxygen atoms in total. The fraction of sp³-hybridized carbons (Fsp3) is 0.533. The van der Waals surface area contributed by atoms with Crippen LogP contribution >= 0.6 is 0 Å². The maximum Gasteiger partial charge on any atom is 0.134 e. The van der Waals surface area contributed by atoms with Crippen LogP contribution in [-0.2, 0) is 4.74 Å². The molecule has 7 heteroatoms. The van der Waals surface area contributed by atoms with Crippen molar-refractivity contribution >= 4 is 17.1 Å². The Labute approximate surface area is 129 Å². The van der Waals surface area contributed by atoms with E-state index in [9.17, 15) is 4.91 Å². The number of rotatable bonds is 4. The van der Waals surface area contributed by atoms with Crippen molar-refractivity contribution in [3.05, 3.63) is 22.6 Å². The molecule has 22 heavy (non-hydrogen) atoms. The summed E-state index contributed by atoms with van der Waals surface area (Å²) in [6.45, 7) is 6.41. The second-order valence-electron chi connectivity index (χ2n) is 5.82. The van der Waals surface area contributed by atoms with Gasteiger partial charge < -0.3 is 15.4 Å². The maximum absolute atomic E-state index is 10.8. The van der Waals surface area contributed by atoms with Crippen LogP contribution in [-0.4, -0.2) is 50.8 Å². The van der Waals surface area contributed by atoms with Gasteiger partial charge in [-0.15, -0.1) is 4.91 Å². The Kier molecular flexibility index (Phi) is 4.22. The van der Waals surface area contributed by atoms with Gasteiger partial charge in [0.15, 0.2) is 0 Å². The van der Waals surface area contributed by atoms with E-state index in [2.05, 4.69) is 15.0 Å². The molecule has 2 heterocycles. The smallest absolute Gasteiger partial charge is 0.134 e. The first kappa shape index (κ1) is 14.8. The zero-order chi connectivity index (χ0) is 15.5. The van der Waals surface area contributed by atoms with Crippen LogP contribution in [0, 0.1) is 22.2 Å². The zero-order valence-corrected chi connectivity index (χ0v) is 12.4. The van der Waals surface area contributed by atoms with E-state index < -0.39 is 0 Å². The normalized spacial score (nSPS) is 19.5. The Morgan fingerprint density at radius 2 is 2.09 bits per heavy atom. The van der Waals surface area contributed by atoms with Gasteiger partial charge >= 0.3 is 0 Å².